The molecule has 1 aliphatic rings. The normalized spacial score (nSPS) is 18.4. The molecule has 2 atom stereocenters. The molecule has 18 heavy (non-hydrogen) atoms. The Kier molecular flexibility index (Phi) is 3.62. The summed E-state index contributed by atoms with van der Waals surface area (Å²) in [6.45, 7) is -0.265. The second kappa shape index (κ2) is 5.18. The van der Waals surface area contributed by atoms with Crippen molar-refractivity contribution >= 4 is 11.9 Å². The molecule has 0 heterocycles. The standard InChI is InChI=1S/C13H15NO4/c15-6-5-11(13(17)18)14-12(16)10-7-8-3-1-2-4-9(8)10/h1-4,10-11,15H,5-7H2,(H,14,16)(H,17,18)/t10?,11-/m0/s1. The van der Waals surface area contributed by atoms with Gasteiger partial charge in [-0.05, 0) is 17.5 Å². The SMILES string of the molecule is O=C(N[C@@H](CCO)C(=O)O)C1Cc2ccccc21. The number of aliphatic hydroxyl groups excluding tert-OH is 1. The second-order valence-electron chi connectivity index (χ2n) is 4.37. The van der Waals surface area contributed by atoms with Crippen LogP contribution in [0.5, 0.6) is 0 Å². The van der Waals surface area contributed by atoms with Gasteiger partial charge in [0.2, 0.25) is 5.91 Å². The zero-order chi connectivity index (χ0) is 13.1. The quantitative estimate of drug-likeness (QED) is 0.699. The molecule has 0 saturated carbocycles. The molecule has 1 aliphatic carbocycles. The maximum Gasteiger partial charge on any atom is 0.326 e. The van der Waals surface area contributed by atoms with Crippen LogP contribution >= 0.6 is 0 Å². The largest absolute Gasteiger partial charge is 0.480 e. The molecule has 1 unspecified atom stereocenters. The average molecular weight is 249 g/mol. The Bertz CT molecular complexity index is 472. The van der Waals surface area contributed by atoms with E-state index in [0.29, 0.717) is 6.42 Å². The van der Waals surface area contributed by atoms with Gasteiger partial charge in [0, 0.05) is 13.0 Å². The summed E-state index contributed by atoms with van der Waals surface area (Å²) in [5.74, 6) is -1.67. The summed E-state index contributed by atoms with van der Waals surface area (Å²) in [6.07, 6.45) is 0.670. The monoisotopic (exact) mass is 249 g/mol. The summed E-state index contributed by atoms with van der Waals surface area (Å²) < 4.78 is 0. The number of benzene rings is 1. The third kappa shape index (κ3) is 2.36. The number of rotatable bonds is 5. The highest BCUT2D eigenvalue weighted by Crippen LogP contribution is 2.34. The first-order chi connectivity index (χ1) is 8.63. The molecule has 5 nitrogen and oxygen atoms in total. The number of aliphatic hydroxyl groups is 1. The van der Waals surface area contributed by atoms with Crippen LogP contribution in [0.1, 0.15) is 23.5 Å². The van der Waals surface area contributed by atoms with Crippen molar-refractivity contribution in [3.63, 3.8) is 0 Å². The van der Waals surface area contributed by atoms with Crippen molar-refractivity contribution in [3.05, 3.63) is 35.4 Å². The van der Waals surface area contributed by atoms with E-state index in [1.807, 2.05) is 24.3 Å². The highest BCUT2D eigenvalue weighted by atomic mass is 16.4. The number of carboxylic acids is 1. The zero-order valence-corrected chi connectivity index (χ0v) is 9.80. The van der Waals surface area contributed by atoms with Crippen molar-refractivity contribution < 1.29 is 19.8 Å². The lowest BCUT2D eigenvalue weighted by Crippen LogP contribution is -2.45. The van der Waals surface area contributed by atoms with Crippen LogP contribution in [0.3, 0.4) is 0 Å². The minimum atomic E-state index is -1.12. The van der Waals surface area contributed by atoms with E-state index in [1.54, 1.807) is 0 Å². The first-order valence-electron chi connectivity index (χ1n) is 5.85. The van der Waals surface area contributed by atoms with Gasteiger partial charge in [-0.25, -0.2) is 4.79 Å². The van der Waals surface area contributed by atoms with Crippen LogP contribution in [0, 0.1) is 0 Å². The molecule has 0 bridgehead atoms. The predicted octanol–water partition coefficient (Wildman–Crippen LogP) is 0.278. The van der Waals surface area contributed by atoms with Crippen molar-refractivity contribution in [1.82, 2.24) is 5.32 Å². The third-order valence-corrected chi connectivity index (χ3v) is 3.20. The molecule has 0 saturated heterocycles. The fraction of sp³-hybridized carbons (Fsp3) is 0.385. The van der Waals surface area contributed by atoms with Crippen molar-refractivity contribution in [2.75, 3.05) is 6.61 Å². The minimum absolute atomic E-state index is 0.0233. The van der Waals surface area contributed by atoms with Crippen LogP contribution in [0.4, 0.5) is 0 Å². The lowest BCUT2D eigenvalue weighted by Gasteiger charge is -2.29. The Hall–Kier alpha value is -1.88. The molecule has 0 radical (unpaired) electrons. The molecule has 0 aliphatic heterocycles. The number of carboxylic acid groups (broad SMARTS) is 1. The van der Waals surface area contributed by atoms with Crippen LogP contribution in [0.25, 0.3) is 0 Å². The molecule has 1 amide bonds. The maximum atomic E-state index is 11.9. The van der Waals surface area contributed by atoms with E-state index in [9.17, 15) is 9.59 Å². The van der Waals surface area contributed by atoms with E-state index in [4.69, 9.17) is 10.2 Å². The number of hydrogen-bond acceptors (Lipinski definition) is 3. The Labute approximate surface area is 104 Å². The van der Waals surface area contributed by atoms with E-state index in [-0.39, 0.29) is 24.9 Å². The molecular weight excluding hydrogens is 234 g/mol. The third-order valence-electron chi connectivity index (χ3n) is 3.20. The average Bonchev–Trinajstić information content (AvgIpc) is 2.30. The number of amides is 1. The lowest BCUT2D eigenvalue weighted by atomic mass is 9.77. The number of carbonyl (C=O) groups is 2. The van der Waals surface area contributed by atoms with Crippen LogP contribution in [-0.2, 0) is 16.0 Å². The molecule has 0 fully saturated rings. The van der Waals surface area contributed by atoms with Gasteiger partial charge < -0.3 is 15.5 Å². The molecule has 3 N–H and O–H groups in total. The summed E-state index contributed by atoms with van der Waals surface area (Å²) in [5.41, 5.74) is 2.09. The first kappa shape index (κ1) is 12.6. The van der Waals surface area contributed by atoms with Gasteiger partial charge >= 0.3 is 5.97 Å². The molecule has 0 aromatic heterocycles. The molecule has 1 aromatic carbocycles. The van der Waals surface area contributed by atoms with E-state index >= 15 is 0 Å². The molecule has 0 spiro atoms. The van der Waals surface area contributed by atoms with Crippen molar-refractivity contribution in [2.24, 2.45) is 0 Å². The lowest BCUT2D eigenvalue weighted by molar-refractivity contribution is -0.142. The topological polar surface area (TPSA) is 86.6 Å². The summed E-state index contributed by atoms with van der Waals surface area (Å²) in [4.78, 5) is 22.8. The number of fused-ring (bicyclic) bond motifs is 1. The van der Waals surface area contributed by atoms with Gasteiger partial charge in [-0.3, -0.25) is 4.79 Å². The minimum Gasteiger partial charge on any atom is -0.480 e. The maximum absolute atomic E-state index is 11.9. The van der Waals surface area contributed by atoms with Crippen LogP contribution < -0.4 is 5.32 Å². The zero-order valence-electron chi connectivity index (χ0n) is 9.80. The summed E-state index contributed by atoms with van der Waals surface area (Å²) >= 11 is 0. The van der Waals surface area contributed by atoms with Crippen molar-refractivity contribution in [1.29, 1.82) is 0 Å². The second-order valence-corrected chi connectivity index (χ2v) is 4.37. The summed E-state index contributed by atoms with van der Waals surface area (Å²) in [5, 5.41) is 20.1. The van der Waals surface area contributed by atoms with Crippen LogP contribution in [-0.4, -0.2) is 34.7 Å². The summed E-state index contributed by atoms with van der Waals surface area (Å²) in [7, 11) is 0. The van der Waals surface area contributed by atoms with Crippen LogP contribution in [0.2, 0.25) is 0 Å². The van der Waals surface area contributed by atoms with Gasteiger partial charge in [-0.15, -0.1) is 0 Å². The van der Waals surface area contributed by atoms with Gasteiger partial charge in [-0.2, -0.15) is 0 Å². The molecule has 96 valence electrons. The highest BCUT2D eigenvalue weighted by molar-refractivity contribution is 5.90. The Morgan fingerprint density at radius 3 is 2.72 bits per heavy atom. The Balaban J connectivity index is 2.00. The van der Waals surface area contributed by atoms with Gasteiger partial charge in [0.05, 0.1) is 5.92 Å². The van der Waals surface area contributed by atoms with E-state index < -0.39 is 12.0 Å². The van der Waals surface area contributed by atoms with E-state index in [2.05, 4.69) is 5.32 Å². The number of aliphatic carboxylic acids is 1. The van der Waals surface area contributed by atoms with Gasteiger partial charge in [0.15, 0.2) is 0 Å². The van der Waals surface area contributed by atoms with E-state index in [0.717, 1.165) is 11.1 Å². The number of nitrogens with one attached hydrogen (secondary N) is 1. The highest BCUT2D eigenvalue weighted by Gasteiger charge is 2.33. The molecule has 5 heteroatoms. The van der Waals surface area contributed by atoms with Crippen LogP contribution in [0.15, 0.2) is 24.3 Å². The number of carbonyl (C=O) groups excluding carboxylic acids is 1. The predicted molar refractivity (Wildman–Crippen MR) is 64.2 cm³/mol. The van der Waals surface area contributed by atoms with Gasteiger partial charge in [0.25, 0.3) is 0 Å². The number of hydrogen-bond donors (Lipinski definition) is 3. The van der Waals surface area contributed by atoms with Crippen molar-refractivity contribution in [3.8, 4) is 0 Å². The fourth-order valence-corrected chi connectivity index (χ4v) is 2.15. The summed E-state index contributed by atoms with van der Waals surface area (Å²) in [6, 6.07) is 6.60. The van der Waals surface area contributed by atoms with Gasteiger partial charge in [-0.1, -0.05) is 24.3 Å². The molecule has 1 aromatic rings. The van der Waals surface area contributed by atoms with E-state index in [1.165, 1.54) is 0 Å². The molecular formula is C13H15NO4. The Morgan fingerprint density at radius 2 is 2.11 bits per heavy atom. The molecule has 2 rings (SSSR count). The first-order valence-corrected chi connectivity index (χ1v) is 5.85. The van der Waals surface area contributed by atoms with Gasteiger partial charge in [0.1, 0.15) is 6.04 Å². The van der Waals surface area contributed by atoms with Crippen molar-refractivity contribution in [2.45, 2.75) is 24.8 Å². The smallest absolute Gasteiger partial charge is 0.326 e. The fourth-order valence-electron chi connectivity index (χ4n) is 2.15. The Morgan fingerprint density at radius 1 is 1.39 bits per heavy atom.